The third-order valence-corrected chi connectivity index (χ3v) is 4.27. The van der Waals surface area contributed by atoms with E-state index >= 15 is 0 Å². The van der Waals surface area contributed by atoms with Crippen molar-refractivity contribution in [2.24, 2.45) is 17.1 Å². The molecule has 0 heterocycles. The Kier molecular flexibility index (Phi) is 6.27. The van der Waals surface area contributed by atoms with E-state index in [2.05, 4.69) is 26.1 Å². The summed E-state index contributed by atoms with van der Waals surface area (Å²) >= 11 is 0. The van der Waals surface area contributed by atoms with Crippen LogP contribution >= 0.6 is 0 Å². The van der Waals surface area contributed by atoms with Gasteiger partial charge in [-0.15, -0.1) is 0 Å². The van der Waals surface area contributed by atoms with Crippen molar-refractivity contribution < 1.29 is 9.53 Å². The lowest BCUT2D eigenvalue weighted by Crippen LogP contribution is -2.62. The Morgan fingerprint density at radius 2 is 2.21 bits per heavy atom. The molecule has 1 aliphatic rings. The van der Waals surface area contributed by atoms with E-state index in [4.69, 9.17) is 10.5 Å². The monoisotopic (exact) mass is 270 g/mol. The highest BCUT2D eigenvalue weighted by Gasteiger charge is 2.49. The zero-order chi connectivity index (χ0) is 14.5. The van der Waals surface area contributed by atoms with E-state index < -0.39 is 0 Å². The van der Waals surface area contributed by atoms with Gasteiger partial charge in [0.05, 0.1) is 6.10 Å². The van der Waals surface area contributed by atoms with Gasteiger partial charge in [0.1, 0.15) is 0 Å². The first-order chi connectivity index (χ1) is 8.91. The van der Waals surface area contributed by atoms with Gasteiger partial charge in [0.15, 0.2) is 0 Å². The second-order valence-electron chi connectivity index (χ2n) is 6.44. The largest absolute Gasteiger partial charge is 0.378 e. The predicted molar refractivity (Wildman–Crippen MR) is 77.8 cm³/mol. The van der Waals surface area contributed by atoms with E-state index in [1.165, 1.54) is 0 Å². The topological polar surface area (TPSA) is 64.3 Å². The summed E-state index contributed by atoms with van der Waals surface area (Å²) in [7, 11) is 0. The van der Waals surface area contributed by atoms with Gasteiger partial charge in [-0.05, 0) is 25.3 Å². The molecule has 0 saturated heterocycles. The Morgan fingerprint density at radius 1 is 1.53 bits per heavy atom. The van der Waals surface area contributed by atoms with Crippen LogP contribution in [0.4, 0.5) is 0 Å². The van der Waals surface area contributed by atoms with Gasteiger partial charge in [0.25, 0.3) is 0 Å². The summed E-state index contributed by atoms with van der Waals surface area (Å²) < 4.78 is 5.88. The maximum atomic E-state index is 11.9. The molecule has 1 fully saturated rings. The number of nitrogens with one attached hydrogen (secondary N) is 1. The van der Waals surface area contributed by atoms with Gasteiger partial charge in [-0.25, -0.2) is 0 Å². The fourth-order valence-corrected chi connectivity index (χ4v) is 2.44. The fourth-order valence-electron chi connectivity index (χ4n) is 2.44. The number of rotatable bonds is 8. The molecule has 0 unspecified atom stereocenters. The molecule has 0 radical (unpaired) electrons. The molecule has 3 N–H and O–H groups in total. The van der Waals surface area contributed by atoms with Crippen molar-refractivity contribution in [3.05, 3.63) is 0 Å². The molecule has 1 saturated carbocycles. The predicted octanol–water partition coefficient (Wildman–Crippen LogP) is 2.07. The Labute approximate surface area is 117 Å². The molecule has 1 amide bonds. The molecule has 0 aromatic rings. The maximum Gasteiger partial charge on any atom is 0.220 e. The average molecular weight is 270 g/mol. The lowest BCUT2D eigenvalue weighted by atomic mass is 9.64. The summed E-state index contributed by atoms with van der Waals surface area (Å²) in [5.74, 6) is 0.364. The number of carbonyl (C=O) groups is 1. The first-order valence-electron chi connectivity index (χ1n) is 7.52. The molecule has 4 nitrogen and oxygen atoms in total. The number of ether oxygens (including phenoxy) is 1. The maximum absolute atomic E-state index is 11.9. The van der Waals surface area contributed by atoms with Gasteiger partial charge in [0.2, 0.25) is 5.91 Å². The van der Waals surface area contributed by atoms with Gasteiger partial charge in [-0.3, -0.25) is 4.79 Å². The minimum atomic E-state index is 0.0371. The number of nitrogens with two attached hydrogens (primary N) is 1. The van der Waals surface area contributed by atoms with Crippen molar-refractivity contribution >= 4 is 5.91 Å². The molecule has 1 aliphatic carbocycles. The Balaban J connectivity index is 2.32. The molecule has 112 valence electrons. The minimum Gasteiger partial charge on any atom is -0.378 e. The number of hydrogen-bond acceptors (Lipinski definition) is 3. The van der Waals surface area contributed by atoms with Crippen molar-refractivity contribution in [1.29, 1.82) is 0 Å². The molecular formula is C15H30N2O2. The van der Waals surface area contributed by atoms with E-state index in [1.54, 1.807) is 0 Å². The molecule has 3 atom stereocenters. The molecule has 1 rings (SSSR count). The smallest absolute Gasteiger partial charge is 0.220 e. The molecule has 4 heteroatoms. The molecule has 0 bridgehead atoms. The van der Waals surface area contributed by atoms with Gasteiger partial charge >= 0.3 is 0 Å². The molecule has 19 heavy (non-hydrogen) atoms. The van der Waals surface area contributed by atoms with E-state index in [9.17, 15) is 4.79 Å². The highest BCUT2D eigenvalue weighted by Crippen LogP contribution is 2.42. The fraction of sp³-hybridized carbons (Fsp3) is 0.933. The third kappa shape index (κ3) is 4.46. The zero-order valence-electron chi connectivity index (χ0n) is 12.9. The summed E-state index contributed by atoms with van der Waals surface area (Å²) in [5, 5.41) is 3.12. The summed E-state index contributed by atoms with van der Waals surface area (Å²) in [6.45, 7) is 9.90. The lowest BCUT2D eigenvalue weighted by molar-refractivity contribution is -0.138. The number of carbonyl (C=O) groups excluding carboxylic acids is 1. The second-order valence-corrected chi connectivity index (χ2v) is 6.44. The lowest BCUT2D eigenvalue weighted by Gasteiger charge is -2.51. The van der Waals surface area contributed by atoms with Crippen LogP contribution in [0.15, 0.2) is 0 Å². The van der Waals surface area contributed by atoms with Crippen molar-refractivity contribution in [2.75, 3.05) is 13.2 Å². The van der Waals surface area contributed by atoms with Gasteiger partial charge < -0.3 is 15.8 Å². The van der Waals surface area contributed by atoms with Crippen molar-refractivity contribution in [3.63, 3.8) is 0 Å². The number of unbranched alkanes of at least 4 members (excludes halogenated alkanes) is 1. The van der Waals surface area contributed by atoms with Crippen LogP contribution in [0.25, 0.3) is 0 Å². The zero-order valence-corrected chi connectivity index (χ0v) is 12.9. The average Bonchev–Trinajstić information content (AvgIpc) is 2.36. The second kappa shape index (κ2) is 7.25. The Morgan fingerprint density at radius 3 is 2.74 bits per heavy atom. The summed E-state index contributed by atoms with van der Waals surface area (Å²) in [6.07, 6.45) is 3.99. The van der Waals surface area contributed by atoms with Crippen LogP contribution in [-0.2, 0) is 9.53 Å². The molecule has 0 aliphatic heterocycles. The summed E-state index contributed by atoms with van der Waals surface area (Å²) in [5.41, 5.74) is 5.58. The molecule has 0 aromatic heterocycles. The minimum absolute atomic E-state index is 0.0371. The van der Waals surface area contributed by atoms with E-state index in [0.29, 0.717) is 13.0 Å². The van der Waals surface area contributed by atoms with Crippen molar-refractivity contribution in [2.45, 2.75) is 65.5 Å². The van der Waals surface area contributed by atoms with Crippen molar-refractivity contribution in [1.82, 2.24) is 5.32 Å². The molecule has 0 aromatic carbocycles. The van der Waals surface area contributed by atoms with Crippen LogP contribution < -0.4 is 11.1 Å². The normalized spacial score (nSPS) is 26.6. The highest BCUT2D eigenvalue weighted by atomic mass is 16.5. The van der Waals surface area contributed by atoms with E-state index in [1.807, 2.05) is 6.92 Å². The number of hydrogen-bond donors (Lipinski definition) is 2. The molecule has 0 spiro atoms. The van der Waals surface area contributed by atoms with Gasteiger partial charge in [-0.2, -0.15) is 0 Å². The van der Waals surface area contributed by atoms with E-state index in [-0.39, 0.29) is 29.4 Å². The Hall–Kier alpha value is -0.610. The van der Waals surface area contributed by atoms with Crippen molar-refractivity contribution in [3.8, 4) is 0 Å². The summed E-state index contributed by atoms with van der Waals surface area (Å²) in [4.78, 5) is 11.9. The number of amides is 1. The Bertz CT molecular complexity index is 292. The quantitative estimate of drug-likeness (QED) is 0.664. The van der Waals surface area contributed by atoms with Crippen LogP contribution in [0.2, 0.25) is 0 Å². The van der Waals surface area contributed by atoms with Crippen LogP contribution in [0.5, 0.6) is 0 Å². The van der Waals surface area contributed by atoms with Gasteiger partial charge in [0, 0.05) is 24.5 Å². The highest BCUT2D eigenvalue weighted by molar-refractivity contribution is 5.76. The van der Waals surface area contributed by atoms with Crippen LogP contribution in [0.3, 0.4) is 0 Å². The SMILES string of the molecule is CCCCO[C@@H]1C[C@@H](NC(=O)C[C@@H](C)CN)C1(C)C. The van der Waals surface area contributed by atoms with E-state index in [0.717, 1.165) is 25.9 Å². The van der Waals surface area contributed by atoms with Crippen LogP contribution in [-0.4, -0.2) is 31.2 Å². The van der Waals surface area contributed by atoms with Crippen LogP contribution in [0.1, 0.15) is 53.4 Å². The summed E-state index contributed by atoms with van der Waals surface area (Å²) in [6, 6.07) is 0.233. The first-order valence-corrected chi connectivity index (χ1v) is 7.52. The van der Waals surface area contributed by atoms with Crippen LogP contribution in [0, 0.1) is 11.3 Å². The standard InChI is InChI=1S/C15H30N2O2/c1-5-6-7-19-13-9-12(15(13,3)4)17-14(18)8-11(2)10-16/h11-13H,5-10,16H2,1-4H3,(H,17,18)/t11-,12-,13-/m1/s1. The third-order valence-electron chi connectivity index (χ3n) is 4.27. The molecular weight excluding hydrogens is 240 g/mol. The first kappa shape index (κ1) is 16.4. The van der Waals surface area contributed by atoms with Gasteiger partial charge in [-0.1, -0.05) is 34.1 Å².